The Labute approximate surface area is 115 Å². The van der Waals surface area contributed by atoms with Gasteiger partial charge in [0.05, 0.1) is 0 Å². The van der Waals surface area contributed by atoms with Crippen LogP contribution in [0.1, 0.15) is 25.7 Å². The molecule has 0 aromatic heterocycles. The van der Waals surface area contributed by atoms with Gasteiger partial charge in [0.1, 0.15) is 0 Å². The maximum atomic E-state index is 10.6. The van der Waals surface area contributed by atoms with Gasteiger partial charge in [-0.2, -0.15) is 0 Å². The van der Waals surface area contributed by atoms with Gasteiger partial charge in [-0.3, -0.25) is 9.59 Å². The van der Waals surface area contributed by atoms with Crippen LogP contribution in [0, 0.1) is 0 Å². The van der Waals surface area contributed by atoms with Crippen molar-refractivity contribution in [3.05, 3.63) is 0 Å². The molecule has 4 amide bonds. The van der Waals surface area contributed by atoms with Gasteiger partial charge >= 0.3 is 12.2 Å². The number of hydrogen-bond acceptors (Lipinski definition) is 6. The molecule has 0 radical (unpaired) electrons. The van der Waals surface area contributed by atoms with Gasteiger partial charge in [-0.1, -0.05) is 0 Å². The van der Waals surface area contributed by atoms with E-state index < -0.39 is 12.2 Å². The summed E-state index contributed by atoms with van der Waals surface area (Å²) in [5, 5.41) is 16.6. The molecular weight excluding hydrogens is 272 g/mol. The zero-order chi connectivity index (χ0) is 13.7. The third kappa shape index (κ3) is 5.20. The smallest absolute Gasteiger partial charge is 0.414 e. The van der Waals surface area contributed by atoms with Crippen molar-refractivity contribution >= 4 is 24.0 Å². The van der Waals surface area contributed by atoms with Crippen molar-refractivity contribution in [3.63, 3.8) is 0 Å². The molecule has 116 valence electrons. The van der Waals surface area contributed by atoms with Crippen molar-refractivity contribution < 1.29 is 29.4 Å². The first kappa shape index (κ1) is 20.1. The lowest BCUT2D eigenvalue weighted by atomic mass is 10.4. The molecule has 0 aromatic carbocycles. The second kappa shape index (κ2) is 8.82. The Morgan fingerprint density at radius 1 is 0.800 bits per heavy atom. The summed E-state index contributed by atoms with van der Waals surface area (Å²) >= 11 is 0. The van der Waals surface area contributed by atoms with Crippen molar-refractivity contribution in [1.29, 1.82) is 0 Å². The lowest BCUT2D eigenvalue weighted by molar-refractivity contribution is -0.126. The van der Waals surface area contributed by atoms with E-state index in [0.717, 1.165) is 9.80 Å². The Balaban J connectivity index is 0. The molecule has 0 saturated carbocycles. The second-order valence-electron chi connectivity index (χ2n) is 3.86. The largest absolute Gasteiger partial charge is 0.465 e. The number of rotatable bonds is 0. The number of carboxylic acid groups (broad SMARTS) is 2. The molecule has 2 saturated heterocycles. The molecule has 2 rings (SSSR count). The Kier molecular flexibility index (Phi) is 8.88. The summed E-state index contributed by atoms with van der Waals surface area (Å²) < 4.78 is 0. The highest BCUT2D eigenvalue weighted by atomic mass is 16.4. The molecule has 0 bridgehead atoms. The highest BCUT2D eigenvalue weighted by Gasteiger charge is 2.25. The normalized spacial score (nSPS) is 16.8. The van der Waals surface area contributed by atoms with Gasteiger partial charge in [0.15, 0.2) is 0 Å². The first-order chi connectivity index (χ1) is 8.43. The SMILES string of the molecule is N.N.O=C(O)N1CCCC1=O.O=C(O)N1CCCC1=O. The molecule has 0 spiro atoms. The molecule has 0 aromatic rings. The third-order valence-corrected chi connectivity index (χ3v) is 2.61. The molecule has 0 aliphatic carbocycles. The Morgan fingerprint density at radius 3 is 1.20 bits per heavy atom. The minimum Gasteiger partial charge on any atom is -0.465 e. The first-order valence-electron chi connectivity index (χ1n) is 5.50. The number of nitrogens with zero attached hydrogens (tertiary/aromatic N) is 2. The van der Waals surface area contributed by atoms with Gasteiger partial charge in [0, 0.05) is 25.9 Å². The molecule has 2 aliphatic rings. The van der Waals surface area contributed by atoms with Gasteiger partial charge in [0.25, 0.3) is 0 Å². The van der Waals surface area contributed by atoms with E-state index >= 15 is 0 Å². The molecule has 2 aliphatic heterocycles. The number of carbonyl (C=O) groups excluding carboxylic acids is 2. The zero-order valence-electron chi connectivity index (χ0n) is 11.1. The summed E-state index contributed by atoms with van der Waals surface area (Å²) in [6.45, 7) is 0.738. The van der Waals surface area contributed by atoms with Gasteiger partial charge in [-0.05, 0) is 12.8 Å². The molecule has 20 heavy (non-hydrogen) atoms. The van der Waals surface area contributed by atoms with Crippen LogP contribution in [0.3, 0.4) is 0 Å². The molecular formula is C10H20N4O6. The molecule has 0 unspecified atom stereocenters. The summed E-state index contributed by atoms with van der Waals surface area (Å²) in [5.74, 6) is -0.551. The van der Waals surface area contributed by atoms with Gasteiger partial charge in [-0.15, -0.1) is 0 Å². The van der Waals surface area contributed by atoms with Crippen LogP contribution in [0.2, 0.25) is 0 Å². The molecule has 10 heteroatoms. The van der Waals surface area contributed by atoms with Crippen molar-refractivity contribution in [2.24, 2.45) is 0 Å². The number of hydrogen-bond donors (Lipinski definition) is 4. The summed E-state index contributed by atoms with van der Waals surface area (Å²) in [7, 11) is 0. The molecule has 2 fully saturated rings. The number of amides is 4. The number of carbonyl (C=O) groups is 4. The van der Waals surface area contributed by atoms with Crippen LogP contribution < -0.4 is 12.3 Å². The van der Waals surface area contributed by atoms with Crippen LogP contribution in [0.15, 0.2) is 0 Å². The average molecular weight is 292 g/mol. The van der Waals surface area contributed by atoms with Crippen LogP contribution in [0.5, 0.6) is 0 Å². The number of likely N-dealkylation sites (tertiary alicyclic amines) is 2. The Morgan fingerprint density at radius 2 is 1.10 bits per heavy atom. The molecule has 10 nitrogen and oxygen atoms in total. The fourth-order valence-electron chi connectivity index (χ4n) is 1.70. The van der Waals surface area contributed by atoms with E-state index in [1.54, 1.807) is 0 Å². The monoisotopic (exact) mass is 292 g/mol. The summed E-state index contributed by atoms with van der Waals surface area (Å²) in [6, 6.07) is 0. The van der Waals surface area contributed by atoms with E-state index in [1.165, 1.54) is 0 Å². The van der Waals surface area contributed by atoms with E-state index in [1.807, 2.05) is 0 Å². The van der Waals surface area contributed by atoms with Gasteiger partial charge in [0.2, 0.25) is 11.8 Å². The maximum absolute atomic E-state index is 10.6. The predicted octanol–water partition coefficient (Wildman–Crippen LogP) is 0.898. The van der Waals surface area contributed by atoms with E-state index in [0.29, 0.717) is 38.8 Å². The minimum absolute atomic E-state index is 0. The van der Waals surface area contributed by atoms with Crippen molar-refractivity contribution in [2.75, 3.05) is 13.1 Å². The Hall–Kier alpha value is -2.20. The fraction of sp³-hybridized carbons (Fsp3) is 0.600. The van der Waals surface area contributed by atoms with Gasteiger partial charge in [-0.25, -0.2) is 19.4 Å². The average Bonchev–Trinajstić information content (AvgIpc) is 2.87. The molecule has 2 heterocycles. The third-order valence-electron chi connectivity index (χ3n) is 2.61. The summed E-state index contributed by atoms with van der Waals surface area (Å²) in [4.78, 5) is 43.1. The van der Waals surface area contributed by atoms with Crippen LogP contribution in [0.25, 0.3) is 0 Å². The standard InChI is InChI=1S/2C5H7NO3.2H3N/c2*7-4-2-1-3-6(4)5(8)9;;/h2*1-3H2,(H,8,9);2*1H3. The van der Waals surface area contributed by atoms with E-state index in [2.05, 4.69) is 0 Å². The summed E-state index contributed by atoms with van der Waals surface area (Å²) in [6.07, 6.45) is -0.149. The van der Waals surface area contributed by atoms with Crippen LogP contribution in [-0.4, -0.2) is 57.1 Å². The Bertz CT molecular complexity index is 350. The predicted molar refractivity (Wildman–Crippen MR) is 68.0 cm³/mol. The van der Waals surface area contributed by atoms with Crippen molar-refractivity contribution in [3.8, 4) is 0 Å². The lowest BCUT2D eigenvalue weighted by Crippen LogP contribution is -2.29. The first-order valence-corrected chi connectivity index (χ1v) is 5.50. The zero-order valence-corrected chi connectivity index (χ0v) is 11.1. The van der Waals surface area contributed by atoms with E-state index in [4.69, 9.17) is 10.2 Å². The second-order valence-corrected chi connectivity index (χ2v) is 3.86. The van der Waals surface area contributed by atoms with Crippen molar-refractivity contribution in [2.45, 2.75) is 25.7 Å². The number of imide groups is 2. The summed E-state index contributed by atoms with van der Waals surface area (Å²) in [5.41, 5.74) is 0. The van der Waals surface area contributed by atoms with E-state index in [-0.39, 0.29) is 24.1 Å². The van der Waals surface area contributed by atoms with Gasteiger partial charge < -0.3 is 22.5 Å². The van der Waals surface area contributed by atoms with Crippen LogP contribution in [0.4, 0.5) is 9.59 Å². The molecule has 8 N–H and O–H groups in total. The quantitative estimate of drug-likeness (QED) is 0.506. The van der Waals surface area contributed by atoms with Crippen LogP contribution >= 0.6 is 0 Å². The molecule has 0 atom stereocenters. The fourth-order valence-corrected chi connectivity index (χ4v) is 1.70. The highest BCUT2D eigenvalue weighted by molar-refractivity contribution is 5.93. The topological polar surface area (TPSA) is 185 Å². The van der Waals surface area contributed by atoms with Crippen molar-refractivity contribution in [1.82, 2.24) is 22.1 Å². The highest BCUT2D eigenvalue weighted by Crippen LogP contribution is 2.09. The minimum atomic E-state index is -1.13. The lowest BCUT2D eigenvalue weighted by Gasteiger charge is -2.05. The van der Waals surface area contributed by atoms with E-state index in [9.17, 15) is 19.2 Å². The van der Waals surface area contributed by atoms with Crippen LogP contribution in [-0.2, 0) is 9.59 Å². The maximum Gasteiger partial charge on any atom is 0.414 e.